The summed E-state index contributed by atoms with van der Waals surface area (Å²) in [5.41, 5.74) is 5.17. The van der Waals surface area contributed by atoms with Gasteiger partial charge in [-0.25, -0.2) is 4.99 Å². The highest BCUT2D eigenvalue weighted by Crippen LogP contribution is 2.01. The molecule has 0 amide bonds. The second kappa shape index (κ2) is 6.83. The van der Waals surface area contributed by atoms with E-state index in [1.165, 1.54) is 6.34 Å². The van der Waals surface area contributed by atoms with Crippen molar-refractivity contribution in [1.82, 2.24) is 0 Å². The van der Waals surface area contributed by atoms with Gasteiger partial charge in [0, 0.05) is 13.0 Å². The zero-order valence-electron chi connectivity index (χ0n) is 8.25. The number of nitrogens with two attached hydrogens (primary N) is 1. The molecule has 12 heavy (non-hydrogen) atoms. The van der Waals surface area contributed by atoms with Gasteiger partial charge in [-0.1, -0.05) is 27.2 Å². The van der Waals surface area contributed by atoms with Gasteiger partial charge in [-0.05, 0) is 5.92 Å². The molecule has 3 nitrogen and oxygen atoms in total. The number of hydrogen-bond donors (Lipinski definition) is 1. The zero-order valence-corrected chi connectivity index (χ0v) is 8.25. The Kier molecular flexibility index (Phi) is 6.34. The maximum absolute atomic E-state index is 5.17. The average molecular weight is 169 g/mol. The van der Waals surface area contributed by atoms with Gasteiger partial charge in [-0.2, -0.15) is 0 Å². The minimum Gasteiger partial charge on any atom is -0.390 e. The Hall–Kier alpha value is -0.860. The smallest absolute Gasteiger partial charge is 0.124 e. The fourth-order valence-corrected chi connectivity index (χ4v) is 0.720. The molecular formula is C9H19N3. The molecule has 0 aromatic heterocycles. The third-order valence-corrected chi connectivity index (χ3v) is 1.82. The van der Waals surface area contributed by atoms with Crippen molar-refractivity contribution >= 4 is 12.2 Å². The first-order valence-electron chi connectivity index (χ1n) is 4.52. The Labute approximate surface area is 74.8 Å². The number of nitrogens with zero attached hydrogens (tertiary/aromatic N) is 2. The molecule has 0 aliphatic carbocycles. The lowest BCUT2D eigenvalue weighted by Gasteiger charge is -2.03. The van der Waals surface area contributed by atoms with Crippen molar-refractivity contribution in [2.45, 2.75) is 33.6 Å². The lowest BCUT2D eigenvalue weighted by Crippen LogP contribution is -2.03. The van der Waals surface area contributed by atoms with E-state index in [1.54, 1.807) is 0 Å². The summed E-state index contributed by atoms with van der Waals surface area (Å²) in [7, 11) is 0. The van der Waals surface area contributed by atoms with Crippen LogP contribution >= 0.6 is 0 Å². The van der Waals surface area contributed by atoms with Gasteiger partial charge in [0.05, 0.1) is 6.34 Å². The molecule has 1 unspecified atom stereocenters. The van der Waals surface area contributed by atoms with Crippen LogP contribution in [0.15, 0.2) is 9.98 Å². The van der Waals surface area contributed by atoms with Gasteiger partial charge in [-0.15, -0.1) is 0 Å². The summed E-state index contributed by atoms with van der Waals surface area (Å²) in [5.74, 6) is 1.48. The van der Waals surface area contributed by atoms with Crippen molar-refractivity contribution in [3.8, 4) is 0 Å². The summed E-state index contributed by atoms with van der Waals surface area (Å²) in [4.78, 5) is 8.29. The van der Waals surface area contributed by atoms with Crippen LogP contribution in [0.25, 0.3) is 0 Å². The van der Waals surface area contributed by atoms with E-state index in [4.69, 9.17) is 5.73 Å². The number of aliphatic imine (C=N–C) groups is 2. The molecule has 3 heteroatoms. The first-order valence-corrected chi connectivity index (χ1v) is 4.52. The maximum atomic E-state index is 5.17. The van der Waals surface area contributed by atoms with Crippen molar-refractivity contribution < 1.29 is 0 Å². The Bertz CT molecular complexity index is 161. The van der Waals surface area contributed by atoms with Crippen LogP contribution < -0.4 is 5.73 Å². The zero-order chi connectivity index (χ0) is 9.40. The fourth-order valence-electron chi connectivity index (χ4n) is 0.720. The van der Waals surface area contributed by atoms with Gasteiger partial charge >= 0.3 is 0 Å². The van der Waals surface area contributed by atoms with Crippen molar-refractivity contribution in [3.63, 3.8) is 0 Å². The van der Waals surface area contributed by atoms with Gasteiger partial charge in [0.25, 0.3) is 0 Å². The third-order valence-electron chi connectivity index (χ3n) is 1.82. The van der Waals surface area contributed by atoms with E-state index in [9.17, 15) is 0 Å². The van der Waals surface area contributed by atoms with Crippen LogP contribution in [-0.2, 0) is 0 Å². The molecule has 0 saturated heterocycles. The van der Waals surface area contributed by atoms with Crippen LogP contribution in [0.2, 0.25) is 0 Å². The first kappa shape index (κ1) is 11.1. The van der Waals surface area contributed by atoms with E-state index >= 15 is 0 Å². The summed E-state index contributed by atoms with van der Waals surface area (Å²) >= 11 is 0. The summed E-state index contributed by atoms with van der Waals surface area (Å²) < 4.78 is 0. The number of rotatable bonds is 4. The normalized spacial score (nSPS) is 15.4. The average Bonchev–Trinajstić information content (AvgIpc) is 2.11. The highest BCUT2D eigenvalue weighted by Gasteiger charge is 1.97. The van der Waals surface area contributed by atoms with Crippen LogP contribution in [0.5, 0.6) is 0 Å². The second-order valence-corrected chi connectivity index (χ2v) is 2.90. The second-order valence-electron chi connectivity index (χ2n) is 2.90. The summed E-state index contributed by atoms with van der Waals surface area (Å²) in [6.45, 7) is 7.24. The fraction of sp³-hybridized carbons (Fsp3) is 0.778. The minimum atomic E-state index is 0.638. The molecule has 0 heterocycles. The Morgan fingerprint density at radius 2 is 2.17 bits per heavy atom. The van der Waals surface area contributed by atoms with Crippen molar-refractivity contribution in [2.75, 3.05) is 6.54 Å². The Morgan fingerprint density at radius 1 is 1.50 bits per heavy atom. The SMILES string of the molecule is CCC(N=CN)=NCC(C)CC. The standard InChI is InChI=1S/C9H19N3/c1-4-8(3)6-11-9(5-2)12-7-10/h7-8H,4-6H2,1-3H3,(H2,10,11,12). The molecule has 0 bridgehead atoms. The predicted molar refractivity (Wildman–Crippen MR) is 54.7 cm³/mol. The molecular weight excluding hydrogens is 150 g/mol. The maximum Gasteiger partial charge on any atom is 0.124 e. The summed E-state index contributed by atoms with van der Waals surface area (Å²) in [6, 6.07) is 0. The molecule has 0 saturated carbocycles. The quantitative estimate of drug-likeness (QED) is 0.506. The Balaban J connectivity index is 3.93. The van der Waals surface area contributed by atoms with E-state index in [1.807, 2.05) is 6.92 Å². The molecule has 0 spiro atoms. The van der Waals surface area contributed by atoms with E-state index in [0.29, 0.717) is 5.92 Å². The summed E-state index contributed by atoms with van der Waals surface area (Å²) in [6.07, 6.45) is 3.32. The van der Waals surface area contributed by atoms with Gasteiger partial charge in [-0.3, -0.25) is 4.99 Å². The number of amidine groups is 1. The van der Waals surface area contributed by atoms with Crippen LogP contribution in [0.1, 0.15) is 33.6 Å². The van der Waals surface area contributed by atoms with Crippen molar-refractivity contribution in [3.05, 3.63) is 0 Å². The molecule has 0 rings (SSSR count). The Morgan fingerprint density at radius 3 is 2.58 bits per heavy atom. The molecule has 0 aromatic carbocycles. The molecule has 0 radical (unpaired) electrons. The lowest BCUT2D eigenvalue weighted by atomic mass is 10.1. The number of hydrogen-bond acceptors (Lipinski definition) is 1. The first-order chi connectivity index (χ1) is 5.74. The van der Waals surface area contributed by atoms with E-state index < -0.39 is 0 Å². The highest BCUT2D eigenvalue weighted by atomic mass is 14.9. The lowest BCUT2D eigenvalue weighted by molar-refractivity contribution is 0.576. The molecule has 0 aliphatic heterocycles. The van der Waals surface area contributed by atoms with Crippen LogP contribution in [0.3, 0.4) is 0 Å². The molecule has 0 aromatic rings. The minimum absolute atomic E-state index is 0.638. The monoisotopic (exact) mass is 169 g/mol. The molecule has 70 valence electrons. The highest BCUT2D eigenvalue weighted by molar-refractivity contribution is 5.88. The molecule has 1 atom stereocenters. The largest absolute Gasteiger partial charge is 0.390 e. The van der Waals surface area contributed by atoms with E-state index in [0.717, 1.165) is 25.2 Å². The summed E-state index contributed by atoms with van der Waals surface area (Å²) in [5, 5.41) is 0. The van der Waals surface area contributed by atoms with E-state index in [-0.39, 0.29) is 0 Å². The van der Waals surface area contributed by atoms with Gasteiger partial charge in [0.1, 0.15) is 5.84 Å². The van der Waals surface area contributed by atoms with Crippen molar-refractivity contribution in [2.24, 2.45) is 21.6 Å². The van der Waals surface area contributed by atoms with Gasteiger partial charge in [0.2, 0.25) is 0 Å². The molecule has 2 N–H and O–H groups in total. The van der Waals surface area contributed by atoms with Crippen LogP contribution in [0, 0.1) is 5.92 Å². The topological polar surface area (TPSA) is 50.7 Å². The van der Waals surface area contributed by atoms with Crippen LogP contribution in [-0.4, -0.2) is 18.7 Å². The van der Waals surface area contributed by atoms with Gasteiger partial charge in [0.15, 0.2) is 0 Å². The van der Waals surface area contributed by atoms with Crippen LogP contribution in [0.4, 0.5) is 0 Å². The predicted octanol–water partition coefficient (Wildman–Crippen LogP) is 1.83. The van der Waals surface area contributed by atoms with E-state index in [2.05, 4.69) is 23.8 Å². The van der Waals surface area contributed by atoms with Gasteiger partial charge < -0.3 is 5.73 Å². The molecule has 0 aliphatic rings. The molecule has 0 fully saturated rings. The third kappa shape index (κ3) is 4.88. The van der Waals surface area contributed by atoms with Crippen molar-refractivity contribution in [1.29, 1.82) is 0 Å².